The lowest BCUT2D eigenvalue weighted by Gasteiger charge is -2.27. The third-order valence-electron chi connectivity index (χ3n) is 4.44. The Kier molecular flexibility index (Phi) is 6.68. The number of rotatable bonds is 8. The highest BCUT2D eigenvalue weighted by atomic mass is 32.2. The highest BCUT2D eigenvalue weighted by molar-refractivity contribution is 7.99. The van der Waals surface area contributed by atoms with E-state index in [9.17, 15) is 10.5 Å². The molecule has 0 radical (unpaired) electrons. The number of nitrogens with one attached hydrogen (secondary N) is 1. The van der Waals surface area contributed by atoms with Crippen LogP contribution in [0.1, 0.15) is 50.7 Å². The quantitative estimate of drug-likeness (QED) is 0.473. The number of nitriles is 2. The Morgan fingerprint density at radius 3 is 2.18 bits per heavy atom. The highest BCUT2D eigenvalue weighted by Crippen LogP contribution is 2.54. The van der Waals surface area contributed by atoms with Crippen molar-refractivity contribution in [3.05, 3.63) is 35.4 Å². The number of nitrogens with zero attached hydrogens (tertiary/aromatic N) is 2. The second kappa shape index (κ2) is 9.39. The van der Waals surface area contributed by atoms with Crippen LogP contribution in [0, 0.1) is 22.7 Å². The van der Waals surface area contributed by atoms with Crippen LogP contribution in [0.3, 0.4) is 0 Å². The third kappa shape index (κ3) is 3.88. The number of anilines is 2. The van der Waals surface area contributed by atoms with Gasteiger partial charge in [-0.1, -0.05) is 50.6 Å². The summed E-state index contributed by atoms with van der Waals surface area (Å²) >= 11 is 1.54. The van der Waals surface area contributed by atoms with Crippen LogP contribution in [0.5, 0.6) is 11.5 Å². The van der Waals surface area contributed by atoms with E-state index in [0.717, 1.165) is 41.2 Å². The van der Waals surface area contributed by atoms with Crippen molar-refractivity contribution in [1.82, 2.24) is 0 Å². The molecule has 2 aromatic rings. The number of unbranched alkanes of at least 4 members (excludes halogenated alkanes) is 2. The summed E-state index contributed by atoms with van der Waals surface area (Å²) < 4.78 is 12.0. The van der Waals surface area contributed by atoms with Gasteiger partial charge in [0.1, 0.15) is 29.0 Å². The Labute approximate surface area is 170 Å². The van der Waals surface area contributed by atoms with Gasteiger partial charge in [0.25, 0.3) is 0 Å². The lowest BCUT2D eigenvalue weighted by molar-refractivity contribution is 0.294. The molecule has 0 spiro atoms. The number of hydrogen-bond donors (Lipinski definition) is 1. The Morgan fingerprint density at radius 1 is 0.929 bits per heavy atom. The maximum absolute atomic E-state index is 9.81. The molecule has 1 aliphatic heterocycles. The molecule has 0 saturated carbocycles. The first-order valence-corrected chi connectivity index (χ1v) is 10.4. The summed E-state index contributed by atoms with van der Waals surface area (Å²) in [4.78, 5) is 1.85. The van der Waals surface area contributed by atoms with Gasteiger partial charge in [-0.25, -0.2) is 0 Å². The Hall–Kier alpha value is -2.83. The van der Waals surface area contributed by atoms with Crippen molar-refractivity contribution in [2.24, 2.45) is 0 Å². The number of benzene rings is 2. The molecule has 0 saturated heterocycles. The number of para-hydroxylation sites is 1. The maximum atomic E-state index is 9.81. The molecule has 28 heavy (non-hydrogen) atoms. The molecule has 0 bridgehead atoms. The average Bonchev–Trinajstić information content (AvgIpc) is 2.73. The van der Waals surface area contributed by atoms with Crippen LogP contribution >= 0.6 is 11.8 Å². The predicted octanol–water partition coefficient (Wildman–Crippen LogP) is 6.00. The van der Waals surface area contributed by atoms with E-state index >= 15 is 0 Å². The summed E-state index contributed by atoms with van der Waals surface area (Å²) in [6.07, 6.45) is 3.73. The van der Waals surface area contributed by atoms with E-state index in [1.54, 1.807) is 11.8 Å². The standard InChI is InChI=1S/C22H23N3O2S/c1-3-5-11-26-20-15(13-23)16(14-24)21(27-12-6-4-2)22-19(20)25-17-9-7-8-10-18(17)28-22/h7-10,25H,3-6,11-12H2,1-2H3. The molecule has 6 heteroatoms. The average molecular weight is 394 g/mol. The summed E-state index contributed by atoms with van der Waals surface area (Å²) in [5, 5.41) is 23.0. The molecule has 1 heterocycles. The highest BCUT2D eigenvalue weighted by Gasteiger charge is 2.30. The monoisotopic (exact) mass is 393 g/mol. The zero-order valence-electron chi connectivity index (χ0n) is 16.2. The minimum absolute atomic E-state index is 0.233. The Balaban J connectivity index is 2.16. The molecule has 5 nitrogen and oxygen atoms in total. The van der Waals surface area contributed by atoms with E-state index in [0.29, 0.717) is 30.4 Å². The molecule has 1 aliphatic rings. The SMILES string of the molecule is CCCCOc1c(C#N)c(C#N)c(OCCCC)c2c1Nc1ccccc1S2. The van der Waals surface area contributed by atoms with Gasteiger partial charge >= 0.3 is 0 Å². The summed E-state index contributed by atoms with van der Waals surface area (Å²) in [6.45, 7) is 5.16. The predicted molar refractivity (Wildman–Crippen MR) is 111 cm³/mol. The minimum atomic E-state index is 0.233. The molecule has 0 unspecified atom stereocenters. The van der Waals surface area contributed by atoms with Gasteiger partial charge in [0.05, 0.1) is 23.8 Å². The number of hydrogen-bond acceptors (Lipinski definition) is 6. The number of fused-ring (bicyclic) bond motifs is 2. The van der Waals surface area contributed by atoms with Crippen LogP contribution in [-0.4, -0.2) is 13.2 Å². The van der Waals surface area contributed by atoms with Gasteiger partial charge in [0.15, 0.2) is 11.5 Å². The molecule has 0 aliphatic carbocycles. The zero-order chi connectivity index (χ0) is 19.9. The van der Waals surface area contributed by atoms with Gasteiger partial charge in [-0.05, 0) is 25.0 Å². The smallest absolute Gasteiger partial charge is 0.163 e. The topological polar surface area (TPSA) is 78.1 Å². The van der Waals surface area contributed by atoms with E-state index in [2.05, 4.69) is 31.3 Å². The lowest BCUT2D eigenvalue weighted by atomic mass is 10.0. The van der Waals surface area contributed by atoms with E-state index < -0.39 is 0 Å². The third-order valence-corrected chi connectivity index (χ3v) is 5.60. The Bertz CT molecular complexity index is 868. The summed E-state index contributed by atoms with van der Waals surface area (Å²) in [7, 11) is 0. The fourth-order valence-electron chi connectivity index (χ4n) is 2.93. The van der Waals surface area contributed by atoms with E-state index in [4.69, 9.17) is 9.47 Å². The van der Waals surface area contributed by atoms with Crippen LogP contribution in [0.25, 0.3) is 0 Å². The molecular formula is C22H23N3O2S. The van der Waals surface area contributed by atoms with Crippen LogP contribution in [0.4, 0.5) is 11.4 Å². The van der Waals surface area contributed by atoms with Crippen molar-refractivity contribution < 1.29 is 9.47 Å². The summed E-state index contributed by atoms with van der Waals surface area (Å²) in [6, 6.07) is 12.3. The normalized spacial score (nSPS) is 11.4. The van der Waals surface area contributed by atoms with Gasteiger partial charge in [-0.3, -0.25) is 0 Å². The minimum Gasteiger partial charge on any atom is -0.491 e. The molecule has 0 atom stereocenters. The first-order valence-electron chi connectivity index (χ1n) is 9.58. The van der Waals surface area contributed by atoms with Crippen molar-refractivity contribution in [3.63, 3.8) is 0 Å². The fraction of sp³-hybridized carbons (Fsp3) is 0.364. The van der Waals surface area contributed by atoms with Gasteiger partial charge in [0.2, 0.25) is 0 Å². The molecule has 144 valence electrons. The molecule has 0 fully saturated rings. The van der Waals surface area contributed by atoms with Crippen molar-refractivity contribution in [1.29, 1.82) is 10.5 Å². The van der Waals surface area contributed by atoms with Gasteiger partial charge in [-0.15, -0.1) is 0 Å². The maximum Gasteiger partial charge on any atom is 0.163 e. The molecule has 3 rings (SSSR count). The van der Waals surface area contributed by atoms with Crippen molar-refractivity contribution in [3.8, 4) is 23.6 Å². The molecular weight excluding hydrogens is 370 g/mol. The first-order chi connectivity index (χ1) is 13.7. The first kappa shape index (κ1) is 19.9. The van der Waals surface area contributed by atoms with E-state index in [1.165, 1.54) is 0 Å². The van der Waals surface area contributed by atoms with Gasteiger partial charge in [-0.2, -0.15) is 10.5 Å². The lowest BCUT2D eigenvalue weighted by Crippen LogP contribution is -2.11. The molecule has 0 aromatic heterocycles. The molecule has 1 N–H and O–H groups in total. The number of ether oxygens (including phenoxy) is 2. The fourth-order valence-corrected chi connectivity index (χ4v) is 4.02. The van der Waals surface area contributed by atoms with E-state index in [1.807, 2.05) is 24.3 Å². The largest absolute Gasteiger partial charge is 0.491 e. The van der Waals surface area contributed by atoms with Gasteiger partial charge < -0.3 is 14.8 Å². The van der Waals surface area contributed by atoms with Gasteiger partial charge in [0, 0.05) is 4.90 Å². The summed E-state index contributed by atoms with van der Waals surface area (Å²) in [5.41, 5.74) is 2.14. The molecule has 0 amide bonds. The van der Waals surface area contributed by atoms with Crippen LogP contribution in [0.15, 0.2) is 34.1 Å². The summed E-state index contributed by atoms with van der Waals surface area (Å²) in [5.74, 6) is 0.907. The van der Waals surface area contributed by atoms with Crippen LogP contribution in [-0.2, 0) is 0 Å². The van der Waals surface area contributed by atoms with Crippen molar-refractivity contribution >= 4 is 23.1 Å². The second-order valence-corrected chi connectivity index (χ2v) is 7.52. The van der Waals surface area contributed by atoms with Crippen molar-refractivity contribution in [2.75, 3.05) is 18.5 Å². The zero-order valence-corrected chi connectivity index (χ0v) is 17.0. The van der Waals surface area contributed by atoms with Crippen LogP contribution in [0.2, 0.25) is 0 Å². The van der Waals surface area contributed by atoms with E-state index in [-0.39, 0.29) is 11.1 Å². The Morgan fingerprint density at radius 2 is 1.54 bits per heavy atom. The molecule has 2 aromatic carbocycles. The van der Waals surface area contributed by atoms with Crippen LogP contribution < -0.4 is 14.8 Å². The van der Waals surface area contributed by atoms with Crippen molar-refractivity contribution in [2.45, 2.75) is 49.3 Å². The second-order valence-electron chi connectivity index (χ2n) is 6.46.